The minimum Gasteiger partial charge on any atom is -0.338 e. The van der Waals surface area contributed by atoms with E-state index in [1.54, 1.807) is 17.2 Å². The highest BCUT2D eigenvalue weighted by Gasteiger charge is 2.49. The van der Waals surface area contributed by atoms with E-state index in [4.69, 9.17) is 0 Å². The van der Waals surface area contributed by atoms with Gasteiger partial charge in [0.05, 0.1) is 12.2 Å². The van der Waals surface area contributed by atoms with Crippen LogP contribution in [-0.4, -0.2) is 56.9 Å². The Kier molecular flexibility index (Phi) is 5.86. The Bertz CT molecular complexity index is 903. The van der Waals surface area contributed by atoms with Gasteiger partial charge in [-0.3, -0.25) is 9.69 Å². The SMILES string of the molecule is CCN(CC)C(=O)c1cn(C2CCC23CCN(Cc2ccc(F)c(F)c2)CC3)nn1. The molecule has 0 bridgehead atoms. The Morgan fingerprint density at radius 2 is 1.90 bits per heavy atom. The summed E-state index contributed by atoms with van der Waals surface area (Å²) < 4.78 is 28.5. The van der Waals surface area contributed by atoms with E-state index in [2.05, 4.69) is 15.2 Å². The van der Waals surface area contributed by atoms with Gasteiger partial charge >= 0.3 is 0 Å². The lowest BCUT2D eigenvalue weighted by atomic mass is 9.59. The molecule has 2 heterocycles. The van der Waals surface area contributed by atoms with Crippen LogP contribution < -0.4 is 0 Å². The number of benzene rings is 1. The molecule has 1 saturated carbocycles. The van der Waals surface area contributed by atoms with Crippen LogP contribution in [-0.2, 0) is 6.54 Å². The van der Waals surface area contributed by atoms with Crippen LogP contribution in [0.15, 0.2) is 24.4 Å². The van der Waals surface area contributed by atoms with Crippen molar-refractivity contribution in [3.05, 3.63) is 47.3 Å². The van der Waals surface area contributed by atoms with Crippen LogP contribution >= 0.6 is 0 Å². The molecule has 1 aliphatic carbocycles. The molecule has 2 fully saturated rings. The zero-order chi connectivity index (χ0) is 21.3. The first-order valence-corrected chi connectivity index (χ1v) is 10.8. The molecule has 1 aromatic carbocycles. The average molecular weight is 418 g/mol. The number of likely N-dealkylation sites (tertiary alicyclic amines) is 1. The van der Waals surface area contributed by atoms with Gasteiger partial charge in [0.1, 0.15) is 0 Å². The highest BCUT2D eigenvalue weighted by Crippen LogP contribution is 2.56. The van der Waals surface area contributed by atoms with Crippen molar-refractivity contribution in [1.82, 2.24) is 24.8 Å². The molecule has 0 N–H and O–H groups in total. The number of amides is 1. The molecule has 1 spiro atoms. The predicted octanol–water partition coefficient (Wildman–Crippen LogP) is 3.66. The maximum absolute atomic E-state index is 13.5. The molecule has 1 saturated heterocycles. The maximum atomic E-state index is 13.5. The summed E-state index contributed by atoms with van der Waals surface area (Å²) in [5.74, 6) is -1.66. The van der Waals surface area contributed by atoms with Crippen molar-refractivity contribution in [2.24, 2.45) is 5.41 Å². The number of carbonyl (C=O) groups excluding carboxylic acids is 1. The minimum atomic E-state index is -0.805. The molecule has 1 aliphatic heterocycles. The number of nitrogens with zero attached hydrogens (tertiary/aromatic N) is 5. The lowest BCUT2D eigenvalue weighted by Gasteiger charge is -2.53. The van der Waals surface area contributed by atoms with E-state index >= 15 is 0 Å². The van der Waals surface area contributed by atoms with Crippen molar-refractivity contribution in [2.45, 2.75) is 52.1 Å². The van der Waals surface area contributed by atoms with Gasteiger partial charge in [0.2, 0.25) is 0 Å². The number of hydrogen-bond donors (Lipinski definition) is 0. The topological polar surface area (TPSA) is 54.3 Å². The molecule has 1 aromatic heterocycles. The summed E-state index contributed by atoms with van der Waals surface area (Å²) in [5.41, 5.74) is 1.40. The van der Waals surface area contributed by atoms with Crippen molar-refractivity contribution in [2.75, 3.05) is 26.2 Å². The third-order valence-electron chi connectivity index (χ3n) is 6.96. The van der Waals surface area contributed by atoms with Crippen LogP contribution in [0.3, 0.4) is 0 Å². The molecule has 2 aromatic rings. The molecule has 8 heteroatoms. The monoisotopic (exact) mass is 417 g/mol. The van der Waals surface area contributed by atoms with E-state index in [9.17, 15) is 13.6 Å². The second-order valence-electron chi connectivity index (χ2n) is 8.50. The molecular weight excluding hydrogens is 388 g/mol. The standard InChI is InChI=1S/C22H29F2N5O/c1-3-28(4-2)21(30)19-15-29(26-25-19)20-7-8-22(20)9-11-27(12-10-22)14-16-5-6-17(23)18(24)13-16/h5-6,13,15,20H,3-4,7-12,14H2,1-2H3. The predicted molar refractivity (Wildman–Crippen MR) is 109 cm³/mol. The highest BCUT2D eigenvalue weighted by atomic mass is 19.2. The van der Waals surface area contributed by atoms with Gasteiger partial charge in [0.25, 0.3) is 5.91 Å². The Balaban J connectivity index is 1.38. The van der Waals surface area contributed by atoms with E-state index in [0.29, 0.717) is 25.3 Å². The summed E-state index contributed by atoms with van der Waals surface area (Å²) in [6.45, 7) is 7.68. The number of rotatable bonds is 6. The molecule has 1 atom stereocenters. The molecule has 1 unspecified atom stereocenters. The fourth-order valence-corrected chi connectivity index (χ4v) is 4.93. The maximum Gasteiger partial charge on any atom is 0.276 e. The van der Waals surface area contributed by atoms with Crippen molar-refractivity contribution in [3.8, 4) is 0 Å². The van der Waals surface area contributed by atoms with Crippen molar-refractivity contribution < 1.29 is 13.6 Å². The number of halogens is 2. The Hall–Kier alpha value is -2.35. The average Bonchev–Trinajstić information content (AvgIpc) is 3.20. The van der Waals surface area contributed by atoms with Gasteiger partial charge in [-0.2, -0.15) is 0 Å². The largest absolute Gasteiger partial charge is 0.338 e. The van der Waals surface area contributed by atoms with Crippen LogP contribution in [0.25, 0.3) is 0 Å². The second kappa shape index (κ2) is 8.41. The van der Waals surface area contributed by atoms with Gasteiger partial charge in [0, 0.05) is 19.6 Å². The summed E-state index contributed by atoms with van der Waals surface area (Å²) in [7, 11) is 0. The highest BCUT2D eigenvalue weighted by molar-refractivity contribution is 5.91. The second-order valence-corrected chi connectivity index (χ2v) is 8.50. The molecular formula is C22H29F2N5O. The van der Waals surface area contributed by atoms with Crippen molar-refractivity contribution >= 4 is 5.91 Å². The molecule has 2 aliphatic rings. The van der Waals surface area contributed by atoms with Gasteiger partial charge in [-0.15, -0.1) is 5.10 Å². The molecule has 4 rings (SSSR count). The zero-order valence-corrected chi connectivity index (χ0v) is 17.7. The molecule has 30 heavy (non-hydrogen) atoms. The Morgan fingerprint density at radius 3 is 2.50 bits per heavy atom. The Labute approximate surface area is 175 Å². The lowest BCUT2D eigenvalue weighted by molar-refractivity contribution is -0.0334. The van der Waals surface area contributed by atoms with Crippen molar-refractivity contribution in [3.63, 3.8) is 0 Å². The van der Waals surface area contributed by atoms with Crippen LogP contribution in [0, 0.1) is 17.0 Å². The zero-order valence-electron chi connectivity index (χ0n) is 17.7. The third kappa shape index (κ3) is 3.85. The van der Waals surface area contributed by atoms with Crippen LogP contribution in [0.2, 0.25) is 0 Å². The summed E-state index contributed by atoms with van der Waals surface area (Å²) >= 11 is 0. The minimum absolute atomic E-state index is 0.0685. The summed E-state index contributed by atoms with van der Waals surface area (Å²) in [5, 5.41) is 8.44. The first kappa shape index (κ1) is 20.9. The first-order chi connectivity index (χ1) is 14.5. The number of piperidine rings is 1. The van der Waals surface area contributed by atoms with Gasteiger partial charge in [-0.1, -0.05) is 11.3 Å². The normalized spacial score (nSPS) is 20.9. The van der Waals surface area contributed by atoms with Crippen LogP contribution in [0.4, 0.5) is 8.78 Å². The van der Waals surface area contributed by atoms with Gasteiger partial charge < -0.3 is 4.90 Å². The fourth-order valence-electron chi connectivity index (χ4n) is 4.93. The summed E-state index contributed by atoms with van der Waals surface area (Å²) in [6.07, 6.45) is 6.06. The quantitative estimate of drug-likeness (QED) is 0.720. The van der Waals surface area contributed by atoms with Gasteiger partial charge in [-0.25, -0.2) is 13.5 Å². The summed E-state index contributed by atoms with van der Waals surface area (Å²) in [4.78, 5) is 16.6. The molecule has 6 nitrogen and oxygen atoms in total. The van der Waals surface area contributed by atoms with Gasteiger partial charge in [0.15, 0.2) is 17.3 Å². The van der Waals surface area contributed by atoms with E-state index < -0.39 is 11.6 Å². The number of aromatic nitrogens is 3. The first-order valence-electron chi connectivity index (χ1n) is 10.8. The Morgan fingerprint density at radius 1 is 1.17 bits per heavy atom. The third-order valence-corrected chi connectivity index (χ3v) is 6.96. The van der Waals surface area contributed by atoms with E-state index in [-0.39, 0.29) is 17.4 Å². The van der Waals surface area contributed by atoms with Crippen molar-refractivity contribution in [1.29, 1.82) is 0 Å². The lowest BCUT2D eigenvalue weighted by Crippen LogP contribution is -2.49. The fraction of sp³-hybridized carbons (Fsp3) is 0.591. The molecule has 1 amide bonds. The number of hydrogen-bond acceptors (Lipinski definition) is 4. The molecule has 162 valence electrons. The van der Waals surface area contributed by atoms with E-state index in [1.165, 1.54) is 12.1 Å². The number of carbonyl (C=O) groups is 1. The van der Waals surface area contributed by atoms with E-state index in [0.717, 1.165) is 44.3 Å². The smallest absolute Gasteiger partial charge is 0.276 e. The van der Waals surface area contributed by atoms with Gasteiger partial charge in [-0.05, 0) is 75.7 Å². The summed E-state index contributed by atoms with van der Waals surface area (Å²) in [6, 6.07) is 4.41. The van der Waals surface area contributed by atoms with Crippen LogP contribution in [0.5, 0.6) is 0 Å². The molecule has 0 radical (unpaired) electrons. The van der Waals surface area contributed by atoms with E-state index in [1.807, 2.05) is 18.5 Å². The van der Waals surface area contributed by atoms with Crippen LogP contribution in [0.1, 0.15) is 61.6 Å².